The van der Waals surface area contributed by atoms with Crippen LogP contribution in [-0.4, -0.2) is 24.8 Å². The molecule has 0 aromatic carbocycles. The summed E-state index contributed by atoms with van der Waals surface area (Å²) in [7, 11) is 0. The highest BCUT2D eigenvalue weighted by molar-refractivity contribution is 5.79. The van der Waals surface area contributed by atoms with Crippen molar-refractivity contribution in [2.45, 2.75) is 38.5 Å². The van der Waals surface area contributed by atoms with Gasteiger partial charge in [0.05, 0.1) is 6.04 Å². The smallest absolute Gasteiger partial charge is 0.260 e. The highest BCUT2D eigenvalue weighted by Crippen LogP contribution is 2.12. The number of rotatable bonds is 3. The SMILES string of the molecule is C[C@H](N)C(=O)NOC1CCCCO1. The first-order valence-corrected chi connectivity index (χ1v) is 4.53. The zero-order chi connectivity index (χ0) is 9.68. The van der Waals surface area contributed by atoms with Gasteiger partial charge in [-0.15, -0.1) is 0 Å². The number of amides is 1. The van der Waals surface area contributed by atoms with Crippen LogP contribution in [-0.2, 0) is 14.4 Å². The van der Waals surface area contributed by atoms with E-state index in [1.807, 2.05) is 0 Å². The Labute approximate surface area is 77.5 Å². The molecule has 0 bridgehead atoms. The standard InChI is InChI=1S/C8H16N2O3/c1-6(9)8(11)10-13-7-4-2-3-5-12-7/h6-7H,2-5,9H2,1H3,(H,10,11)/t6-,7?/m0/s1. The zero-order valence-corrected chi connectivity index (χ0v) is 7.79. The summed E-state index contributed by atoms with van der Waals surface area (Å²) in [6.45, 7) is 2.29. The topological polar surface area (TPSA) is 73.6 Å². The predicted octanol–water partition coefficient (Wildman–Crippen LogP) is -0.0920. The number of nitrogens with two attached hydrogens (primary N) is 1. The van der Waals surface area contributed by atoms with E-state index in [4.69, 9.17) is 15.3 Å². The summed E-state index contributed by atoms with van der Waals surface area (Å²) < 4.78 is 5.23. The first kappa shape index (κ1) is 10.4. The second-order valence-corrected chi connectivity index (χ2v) is 3.17. The molecule has 1 aliphatic rings. The molecule has 0 aromatic heterocycles. The molecule has 1 saturated heterocycles. The molecule has 1 rings (SSSR count). The van der Waals surface area contributed by atoms with Gasteiger partial charge in [0, 0.05) is 13.0 Å². The summed E-state index contributed by atoms with van der Waals surface area (Å²) in [5.74, 6) is -0.325. The molecule has 13 heavy (non-hydrogen) atoms. The normalized spacial score (nSPS) is 25.2. The molecular formula is C8H16N2O3. The van der Waals surface area contributed by atoms with Crippen molar-refractivity contribution < 1.29 is 14.4 Å². The number of carbonyl (C=O) groups is 1. The van der Waals surface area contributed by atoms with E-state index in [1.165, 1.54) is 0 Å². The number of hydrogen-bond donors (Lipinski definition) is 2. The van der Waals surface area contributed by atoms with Crippen LogP contribution in [0.1, 0.15) is 26.2 Å². The third-order valence-electron chi connectivity index (χ3n) is 1.84. The van der Waals surface area contributed by atoms with Gasteiger partial charge in [-0.1, -0.05) is 0 Å². The van der Waals surface area contributed by atoms with Crippen LogP contribution in [0.5, 0.6) is 0 Å². The molecule has 0 radical (unpaired) electrons. The van der Waals surface area contributed by atoms with Gasteiger partial charge in [-0.3, -0.25) is 4.79 Å². The van der Waals surface area contributed by atoms with E-state index in [9.17, 15) is 4.79 Å². The van der Waals surface area contributed by atoms with Crippen molar-refractivity contribution in [1.29, 1.82) is 0 Å². The minimum Gasteiger partial charge on any atom is -0.350 e. The summed E-state index contributed by atoms with van der Waals surface area (Å²) in [4.78, 5) is 16.0. The molecule has 1 aliphatic heterocycles. The average molecular weight is 188 g/mol. The van der Waals surface area contributed by atoms with E-state index < -0.39 is 6.04 Å². The van der Waals surface area contributed by atoms with Crippen molar-refractivity contribution in [2.24, 2.45) is 5.73 Å². The van der Waals surface area contributed by atoms with Crippen LogP contribution in [0.2, 0.25) is 0 Å². The van der Waals surface area contributed by atoms with Gasteiger partial charge in [0.25, 0.3) is 5.91 Å². The van der Waals surface area contributed by atoms with Crippen molar-refractivity contribution in [2.75, 3.05) is 6.61 Å². The van der Waals surface area contributed by atoms with Gasteiger partial charge in [0.1, 0.15) is 0 Å². The summed E-state index contributed by atoms with van der Waals surface area (Å²) >= 11 is 0. The Bertz CT molecular complexity index is 167. The Morgan fingerprint density at radius 3 is 3.00 bits per heavy atom. The number of nitrogens with one attached hydrogen (secondary N) is 1. The fourth-order valence-electron chi connectivity index (χ4n) is 1.02. The number of hydroxylamine groups is 1. The minimum absolute atomic E-state index is 0.309. The quantitative estimate of drug-likeness (QED) is 0.607. The minimum atomic E-state index is -0.552. The van der Waals surface area contributed by atoms with E-state index in [2.05, 4.69) is 5.48 Å². The van der Waals surface area contributed by atoms with Crippen LogP contribution in [0.15, 0.2) is 0 Å². The highest BCUT2D eigenvalue weighted by Gasteiger charge is 2.16. The summed E-state index contributed by atoms with van der Waals surface area (Å²) in [6.07, 6.45) is 2.63. The average Bonchev–Trinajstić information content (AvgIpc) is 2.15. The second-order valence-electron chi connectivity index (χ2n) is 3.17. The number of carbonyl (C=O) groups excluding carboxylic acids is 1. The maximum absolute atomic E-state index is 11.0. The van der Waals surface area contributed by atoms with Crippen LogP contribution in [0.3, 0.4) is 0 Å². The lowest BCUT2D eigenvalue weighted by molar-refractivity contribution is -0.200. The first-order chi connectivity index (χ1) is 6.20. The van der Waals surface area contributed by atoms with Crippen LogP contribution < -0.4 is 11.2 Å². The molecule has 3 N–H and O–H groups in total. The van der Waals surface area contributed by atoms with E-state index >= 15 is 0 Å². The van der Waals surface area contributed by atoms with E-state index in [1.54, 1.807) is 6.92 Å². The third-order valence-corrected chi connectivity index (χ3v) is 1.84. The van der Waals surface area contributed by atoms with Gasteiger partial charge in [-0.25, -0.2) is 10.3 Å². The van der Waals surface area contributed by atoms with Gasteiger partial charge < -0.3 is 10.5 Å². The monoisotopic (exact) mass is 188 g/mol. The molecule has 1 unspecified atom stereocenters. The lowest BCUT2D eigenvalue weighted by atomic mass is 10.2. The molecule has 2 atom stereocenters. The van der Waals surface area contributed by atoms with Gasteiger partial charge in [0.2, 0.25) is 0 Å². The van der Waals surface area contributed by atoms with Gasteiger partial charge >= 0.3 is 0 Å². The Kier molecular flexibility index (Phi) is 4.14. The fourth-order valence-corrected chi connectivity index (χ4v) is 1.02. The number of hydrogen-bond acceptors (Lipinski definition) is 4. The molecule has 1 heterocycles. The van der Waals surface area contributed by atoms with Crippen molar-refractivity contribution >= 4 is 5.91 Å². The molecule has 0 saturated carbocycles. The largest absolute Gasteiger partial charge is 0.350 e. The summed E-state index contributed by atoms with van der Waals surface area (Å²) in [6, 6.07) is -0.552. The van der Waals surface area contributed by atoms with Crippen LogP contribution in [0.25, 0.3) is 0 Å². The molecule has 1 fully saturated rings. The number of ether oxygens (including phenoxy) is 1. The molecule has 0 aliphatic carbocycles. The molecule has 1 amide bonds. The molecule has 5 nitrogen and oxygen atoms in total. The summed E-state index contributed by atoms with van der Waals surface area (Å²) in [5, 5.41) is 0. The second kappa shape index (κ2) is 5.16. The van der Waals surface area contributed by atoms with Crippen molar-refractivity contribution in [3.05, 3.63) is 0 Å². The Morgan fingerprint density at radius 1 is 1.69 bits per heavy atom. The third kappa shape index (κ3) is 3.71. The predicted molar refractivity (Wildman–Crippen MR) is 46.5 cm³/mol. The molecular weight excluding hydrogens is 172 g/mol. The maximum Gasteiger partial charge on any atom is 0.260 e. The molecule has 76 valence electrons. The van der Waals surface area contributed by atoms with Crippen LogP contribution >= 0.6 is 0 Å². The van der Waals surface area contributed by atoms with Gasteiger partial charge in [0.15, 0.2) is 6.29 Å². The molecule has 5 heteroatoms. The van der Waals surface area contributed by atoms with Gasteiger partial charge in [-0.2, -0.15) is 0 Å². The van der Waals surface area contributed by atoms with Gasteiger partial charge in [-0.05, 0) is 19.8 Å². The van der Waals surface area contributed by atoms with Crippen LogP contribution in [0, 0.1) is 0 Å². The first-order valence-electron chi connectivity index (χ1n) is 4.53. The van der Waals surface area contributed by atoms with Crippen molar-refractivity contribution in [3.8, 4) is 0 Å². The van der Waals surface area contributed by atoms with E-state index in [-0.39, 0.29) is 12.2 Å². The molecule has 0 spiro atoms. The lowest BCUT2D eigenvalue weighted by Crippen LogP contribution is -2.41. The Hall–Kier alpha value is -0.650. The Balaban J connectivity index is 2.13. The van der Waals surface area contributed by atoms with Crippen LogP contribution in [0.4, 0.5) is 0 Å². The lowest BCUT2D eigenvalue weighted by Gasteiger charge is -2.22. The van der Waals surface area contributed by atoms with Crippen molar-refractivity contribution in [1.82, 2.24) is 5.48 Å². The van der Waals surface area contributed by atoms with Crippen molar-refractivity contribution in [3.63, 3.8) is 0 Å². The highest BCUT2D eigenvalue weighted by atomic mass is 16.8. The zero-order valence-electron chi connectivity index (χ0n) is 7.79. The summed E-state index contributed by atoms with van der Waals surface area (Å²) in [5.41, 5.74) is 7.58. The van der Waals surface area contributed by atoms with E-state index in [0.29, 0.717) is 6.61 Å². The molecule has 0 aromatic rings. The fraction of sp³-hybridized carbons (Fsp3) is 0.875. The van der Waals surface area contributed by atoms with E-state index in [0.717, 1.165) is 19.3 Å². The maximum atomic E-state index is 11.0. The Morgan fingerprint density at radius 2 is 2.46 bits per heavy atom.